The molecule has 0 bridgehead atoms. The van der Waals surface area contributed by atoms with E-state index in [1.54, 1.807) is 0 Å². The average molecular weight is 237 g/mol. The van der Waals surface area contributed by atoms with Crippen LogP contribution < -0.4 is 10.5 Å². The van der Waals surface area contributed by atoms with E-state index >= 15 is 0 Å². The van der Waals surface area contributed by atoms with Gasteiger partial charge in [-0.25, -0.2) is 4.39 Å². The smallest absolute Gasteiger partial charge is 0.420 e. The van der Waals surface area contributed by atoms with E-state index < -0.39 is 34.8 Å². The Morgan fingerprint density at radius 1 is 1.38 bits per heavy atom. The summed E-state index contributed by atoms with van der Waals surface area (Å²) in [7, 11) is 0.873. The van der Waals surface area contributed by atoms with Crippen LogP contribution in [0.2, 0.25) is 0 Å². The average Bonchev–Trinajstić information content (AvgIpc) is 2.15. The Kier molecular flexibility index (Phi) is 3.06. The number of ether oxygens (including phenoxy) is 1. The van der Waals surface area contributed by atoms with Crippen LogP contribution in [0.4, 0.5) is 17.6 Å². The van der Waals surface area contributed by atoms with E-state index in [0.29, 0.717) is 12.1 Å². The van der Waals surface area contributed by atoms with Crippen molar-refractivity contribution in [3.63, 3.8) is 0 Å². The van der Waals surface area contributed by atoms with Gasteiger partial charge in [0.15, 0.2) is 11.6 Å². The monoisotopic (exact) mass is 237 g/mol. The molecule has 1 aromatic carbocycles. The van der Waals surface area contributed by atoms with Crippen molar-refractivity contribution in [1.29, 1.82) is 0 Å². The Morgan fingerprint density at radius 2 is 1.94 bits per heavy atom. The molecule has 0 radical (unpaired) electrons. The molecular weight excluding hydrogens is 230 g/mol. The van der Waals surface area contributed by atoms with Crippen LogP contribution in [0.15, 0.2) is 12.1 Å². The lowest BCUT2D eigenvalue weighted by Crippen LogP contribution is -2.20. The highest BCUT2D eigenvalue weighted by Gasteiger charge is 2.39. The van der Waals surface area contributed by atoms with Gasteiger partial charge >= 0.3 is 6.18 Å². The van der Waals surface area contributed by atoms with E-state index in [2.05, 4.69) is 4.74 Å². The Hall–Kier alpha value is -1.79. The number of hydrogen-bond donors (Lipinski definition) is 1. The van der Waals surface area contributed by atoms with Crippen LogP contribution in [0.5, 0.6) is 5.75 Å². The zero-order valence-corrected chi connectivity index (χ0v) is 8.06. The minimum Gasteiger partial charge on any atom is -0.493 e. The molecule has 0 saturated heterocycles. The van der Waals surface area contributed by atoms with E-state index in [-0.39, 0.29) is 0 Å². The first-order valence-electron chi connectivity index (χ1n) is 4.02. The van der Waals surface area contributed by atoms with Crippen molar-refractivity contribution in [2.75, 3.05) is 7.11 Å². The zero-order chi connectivity index (χ0) is 12.5. The molecular formula is C9H7F4NO2. The van der Waals surface area contributed by atoms with Gasteiger partial charge in [-0.3, -0.25) is 4.79 Å². The highest BCUT2D eigenvalue weighted by molar-refractivity contribution is 5.95. The number of amides is 1. The molecule has 1 amide bonds. The second-order valence-corrected chi connectivity index (χ2v) is 2.87. The third-order valence-corrected chi connectivity index (χ3v) is 1.86. The Balaban J connectivity index is 3.61. The van der Waals surface area contributed by atoms with Gasteiger partial charge < -0.3 is 10.5 Å². The van der Waals surface area contributed by atoms with Crippen molar-refractivity contribution < 1.29 is 27.1 Å². The minimum atomic E-state index is -4.92. The Bertz CT molecular complexity index is 428. The molecule has 1 rings (SSSR count). The van der Waals surface area contributed by atoms with E-state index in [0.717, 1.165) is 7.11 Å². The molecule has 0 atom stereocenters. The number of carbonyl (C=O) groups excluding carboxylic acids is 1. The van der Waals surface area contributed by atoms with Crippen LogP contribution in [0, 0.1) is 5.82 Å². The molecule has 0 aliphatic heterocycles. The number of carbonyl (C=O) groups is 1. The van der Waals surface area contributed by atoms with Gasteiger partial charge in [0.25, 0.3) is 0 Å². The van der Waals surface area contributed by atoms with E-state index in [9.17, 15) is 22.4 Å². The number of methoxy groups -OCH3 is 1. The van der Waals surface area contributed by atoms with Gasteiger partial charge in [0, 0.05) is 0 Å². The van der Waals surface area contributed by atoms with Crippen molar-refractivity contribution in [1.82, 2.24) is 0 Å². The van der Waals surface area contributed by atoms with Crippen LogP contribution in [0.1, 0.15) is 15.9 Å². The number of halogens is 4. The van der Waals surface area contributed by atoms with E-state index in [1.807, 2.05) is 0 Å². The van der Waals surface area contributed by atoms with Crippen LogP contribution in [-0.2, 0) is 6.18 Å². The first-order valence-corrected chi connectivity index (χ1v) is 4.02. The summed E-state index contributed by atoms with van der Waals surface area (Å²) in [6, 6.07) is 1.36. The molecule has 3 nitrogen and oxygen atoms in total. The quantitative estimate of drug-likeness (QED) is 0.799. The Labute approximate surface area is 87.8 Å². The van der Waals surface area contributed by atoms with Crippen molar-refractivity contribution in [3.8, 4) is 5.75 Å². The number of nitrogens with two attached hydrogens (primary N) is 1. The number of rotatable bonds is 2. The number of benzene rings is 1. The highest BCUT2D eigenvalue weighted by atomic mass is 19.4. The summed E-state index contributed by atoms with van der Waals surface area (Å²) in [5.74, 6) is -3.55. The van der Waals surface area contributed by atoms with Gasteiger partial charge in [-0.15, -0.1) is 0 Å². The molecule has 0 aromatic heterocycles. The van der Waals surface area contributed by atoms with Gasteiger partial charge in [-0.1, -0.05) is 0 Å². The molecule has 0 unspecified atom stereocenters. The summed E-state index contributed by atoms with van der Waals surface area (Å²) >= 11 is 0. The van der Waals surface area contributed by atoms with Crippen molar-refractivity contribution in [3.05, 3.63) is 29.1 Å². The fourth-order valence-electron chi connectivity index (χ4n) is 1.24. The second-order valence-electron chi connectivity index (χ2n) is 2.87. The van der Waals surface area contributed by atoms with Crippen LogP contribution in [0.3, 0.4) is 0 Å². The standard InChI is InChI=1S/C9H7F4NO2/c1-16-7-5(10)3-2-4(8(14)15)6(7)9(11,12)13/h2-3H,1H3,(H2,14,15). The van der Waals surface area contributed by atoms with Gasteiger partial charge in [-0.2, -0.15) is 13.2 Å². The van der Waals surface area contributed by atoms with Gasteiger partial charge in [-0.05, 0) is 12.1 Å². The summed E-state index contributed by atoms with van der Waals surface area (Å²) in [6.45, 7) is 0. The summed E-state index contributed by atoms with van der Waals surface area (Å²) in [5.41, 5.74) is 2.44. The first-order chi connectivity index (χ1) is 7.29. The van der Waals surface area contributed by atoms with E-state index in [1.165, 1.54) is 0 Å². The van der Waals surface area contributed by atoms with Crippen molar-refractivity contribution in [2.45, 2.75) is 6.18 Å². The molecule has 16 heavy (non-hydrogen) atoms. The molecule has 2 N–H and O–H groups in total. The summed E-state index contributed by atoms with van der Waals surface area (Å²) in [5, 5.41) is 0. The van der Waals surface area contributed by atoms with Gasteiger partial charge in [0.1, 0.15) is 5.56 Å². The van der Waals surface area contributed by atoms with Gasteiger partial charge in [0.05, 0.1) is 12.7 Å². The topological polar surface area (TPSA) is 52.3 Å². The number of alkyl halides is 3. The van der Waals surface area contributed by atoms with Gasteiger partial charge in [0.2, 0.25) is 5.91 Å². The van der Waals surface area contributed by atoms with Crippen molar-refractivity contribution >= 4 is 5.91 Å². The summed E-state index contributed by atoms with van der Waals surface area (Å²) in [4.78, 5) is 10.8. The SMILES string of the molecule is COc1c(F)ccc(C(N)=O)c1C(F)(F)F. The lowest BCUT2D eigenvalue weighted by atomic mass is 10.0. The molecule has 0 spiro atoms. The maximum Gasteiger partial charge on any atom is 0.420 e. The molecule has 0 saturated carbocycles. The second kappa shape index (κ2) is 3.99. The fourth-order valence-corrected chi connectivity index (χ4v) is 1.24. The minimum absolute atomic E-state index is 0.670. The van der Waals surface area contributed by atoms with Crippen molar-refractivity contribution in [2.24, 2.45) is 5.73 Å². The fraction of sp³-hybridized carbons (Fsp3) is 0.222. The third kappa shape index (κ3) is 2.07. The van der Waals surface area contributed by atoms with Crippen LogP contribution >= 0.6 is 0 Å². The lowest BCUT2D eigenvalue weighted by Gasteiger charge is -2.15. The molecule has 0 heterocycles. The summed E-state index contributed by atoms with van der Waals surface area (Å²) in [6.07, 6.45) is -4.92. The lowest BCUT2D eigenvalue weighted by molar-refractivity contribution is -0.139. The molecule has 1 aromatic rings. The number of hydrogen-bond acceptors (Lipinski definition) is 2. The molecule has 0 aliphatic carbocycles. The normalized spacial score (nSPS) is 11.3. The van der Waals surface area contributed by atoms with Crippen LogP contribution in [0.25, 0.3) is 0 Å². The number of primary amides is 1. The predicted octanol–water partition coefficient (Wildman–Crippen LogP) is 1.95. The first kappa shape index (κ1) is 12.3. The molecule has 0 fully saturated rings. The maximum absolute atomic E-state index is 13.0. The highest BCUT2D eigenvalue weighted by Crippen LogP contribution is 2.39. The predicted molar refractivity (Wildman–Crippen MR) is 46.5 cm³/mol. The molecule has 88 valence electrons. The molecule has 0 aliphatic rings. The Morgan fingerprint density at radius 3 is 2.31 bits per heavy atom. The largest absolute Gasteiger partial charge is 0.493 e. The van der Waals surface area contributed by atoms with Crippen LogP contribution in [-0.4, -0.2) is 13.0 Å². The third-order valence-electron chi connectivity index (χ3n) is 1.86. The summed E-state index contributed by atoms with van der Waals surface area (Å²) < 4.78 is 55.1. The van der Waals surface area contributed by atoms with E-state index in [4.69, 9.17) is 5.73 Å². The molecule has 7 heteroatoms. The zero-order valence-electron chi connectivity index (χ0n) is 8.06. The maximum atomic E-state index is 13.0.